The molecule has 1 aliphatic rings. The first-order valence-electron chi connectivity index (χ1n) is 5.81. The molecule has 0 aromatic carbocycles. The van der Waals surface area contributed by atoms with Crippen LogP contribution in [0.3, 0.4) is 0 Å². The summed E-state index contributed by atoms with van der Waals surface area (Å²) in [7, 11) is 1.62. The molecule has 6 heteroatoms. The van der Waals surface area contributed by atoms with E-state index < -0.39 is 0 Å². The lowest BCUT2D eigenvalue weighted by Crippen LogP contribution is -2.36. The molecule has 96 valence electrons. The molecule has 1 aromatic rings. The highest BCUT2D eigenvalue weighted by atomic mass is 32.2. The second-order valence-corrected chi connectivity index (χ2v) is 4.90. The molecule has 1 N–H and O–H groups in total. The van der Waals surface area contributed by atoms with E-state index >= 15 is 0 Å². The summed E-state index contributed by atoms with van der Waals surface area (Å²) < 4.78 is 0. The van der Waals surface area contributed by atoms with Gasteiger partial charge in [0.2, 0.25) is 11.8 Å². The summed E-state index contributed by atoms with van der Waals surface area (Å²) in [6.45, 7) is 0.561. The van der Waals surface area contributed by atoms with Crippen LogP contribution in [0.2, 0.25) is 0 Å². The fraction of sp³-hybridized carbons (Fsp3) is 0.417. The number of hydrogen-bond acceptors (Lipinski definition) is 4. The SMILES string of the molecule is CNC(=O)CCCN1C(=O)CSc2ncccc21. The molecular weight excluding hydrogens is 250 g/mol. The van der Waals surface area contributed by atoms with Crippen molar-refractivity contribution in [2.75, 3.05) is 24.2 Å². The van der Waals surface area contributed by atoms with Gasteiger partial charge >= 0.3 is 0 Å². The fourth-order valence-electron chi connectivity index (χ4n) is 1.81. The summed E-state index contributed by atoms with van der Waals surface area (Å²) in [6.07, 6.45) is 2.82. The first-order valence-corrected chi connectivity index (χ1v) is 6.79. The number of thioether (sulfide) groups is 1. The van der Waals surface area contributed by atoms with Crippen molar-refractivity contribution in [2.45, 2.75) is 17.9 Å². The van der Waals surface area contributed by atoms with Crippen molar-refractivity contribution in [1.29, 1.82) is 0 Å². The Kier molecular flexibility index (Phi) is 4.19. The normalized spacial score (nSPS) is 14.3. The van der Waals surface area contributed by atoms with E-state index in [1.54, 1.807) is 18.1 Å². The predicted molar refractivity (Wildman–Crippen MR) is 70.6 cm³/mol. The minimum atomic E-state index is 0.000226. The highest BCUT2D eigenvalue weighted by Crippen LogP contribution is 2.33. The molecule has 2 heterocycles. The van der Waals surface area contributed by atoms with Crippen molar-refractivity contribution in [3.63, 3.8) is 0 Å². The zero-order chi connectivity index (χ0) is 13.0. The third kappa shape index (κ3) is 2.81. The second-order valence-electron chi connectivity index (χ2n) is 3.94. The molecule has 18 heavy (non-hydrogen) atoms. The number of fused-ring (bicyclic) bond motifs is 1. The maximum Gasteiger partial charge on any atom is 0.237 e. The summed E-state index contributed by atoms with van der Waals surface area (Å²) in [5, 5.41) is 3.46. The Morgan fingerprint density at radius 1 is 1.61 bits per heavy atom. The van der Waals surface area contributed by atoms with E-state index in [2.05, 4.69) is 10.3 Å². The molecule has 1 aromatic heterocycles. The van der Waals surface area contributed by atoms with Gasteiger partial charge in [-0.1, -0.05) is 11.8 Å². The largest absolute Gasteiger partial charge is 0.359 e. The smallest absolute Gasteiger partial charge is 0.237 e. The Hall–Kier alpha value is -1.56. The molecular formula is C12H15N3O2S. The standard InChI is InChI=1S/C12H15N3O2S/c1-13-10(16)5-3-7-15-9-4-2-6-14-12(9)18-8-11(15)17/h2,4,6H,3,5,7-8H2,1H3,(H,13,16). The number of nitrogens with zero attached hydrogens (tertiary/aromatic N) is 2. The van der Waals surface area contributed by atoms with Gasteiger partial charge in [0.05, 0.1) is 11.4 Å². The van der Waals surface area contributed by atoms with Gasteiger partial charge in [0, 0.05) is 26.2 Å². The summed E-state index contributed by atoms with van der Waals surface area (Å²) in [5.41, 5.74) is 0.857. The van der Waals surface area contributed by atoms with E-state index in [-0.39, 0.29) is 11.8 Å². The number of nitrogens with one attached hydrogen (secondary N) is 1. The van der Waals surface area contributed by atoms with Crippen LogP contribution >= 0.6 is 11.8 Å². The third-order valence-corrected chi connectivity index (χ3v) is 3.72. The molecule has 1 aliphatic heterocycles. The van der Waals surface area contributed by atoms with Crippen LogP contribution in [0.1, 0.15) is 12.8 Å². The van der Waals surface area contributed by atoms with Crippen LogP contribution in [-0.2, 0) is 9.59 Å². The molecule has 0 bridgehead atoms. The van der Waals surface area contributed by atoms with Crippen molar-refractivity contribution >= 4 is 29.3 Å². The van der Waals surface area contributed by atoms with E-state index in [0.29, 0.717) is 25.1 Å². The summed E-state index contributed by atoms with van der Waals surface area (Å²) >= 11 is 1.46. The highest BCUT2D eigenvalue weighted by Gasteiger charge is 2.24. The Balaban J connectivity index is 2.03. The monoisotopic (exact) mass is 265 g/mol. The number of carbonyl (C=O) groups excluding carboxylic acids is 2. The molecule has 5 nitrogen and oxygen atoms in total. The lowest BCUT2D eigenvalue weighted by Gasteiger charge is -2.27. The van der Waals surface area contributed by atoms with Gasteiger partial charge in [-0.15, -0.1) is 0 Å². The van der Waals surface area contributed by atoms with Crippen LogP contribution in [0, 0.1) is 0 Å². The molecule has 0 unspecified atom stereocenters. The minimum absolute atomic E-state index is 0.000226. The molecule has 0 fully saturated rings. The predicted octanol–water partition coefficient (Wildman–Crippen LogP) is 1.05. The van der Waals surface area contributed by atoms with Gasteiger partial charge in [0.25, 0.3) is 0 Å². The lowest BCUT2D eigenvalue weighted by molar-refractivity contribution is -0.121. The summed E-state index contributed by atoms with van der Waals surface area (Å²) in [6, 6.07) is 3.72. The fourth-order valence-corrected chi connectivity index (χ4v) is 2.69. The second kappa shape index (κ2) is 5.86. The molecule has 0 atom stereocenters. The van der Waals surface area contributed by atoms with E-state index in [4.69, 9.17) is 0 Å². The van der Waals surface area contributed by atoms with Gasteiger partial charge < -0.3 is 10.2 Å². The van der Waals surface area contributed by atoms with Crippen molar-refractivity contribution < 1.29 is 9.59 Å². The molecule has 2 amide bonds. The first kappa shape index (κ1) is 12.9. The van der Waals surface area contributed by atoms with Crippen LogP contribution in [0.25, 0.3) is 0 Å². The molecule has 0 radical (unpaired) electrons. The van der Waals surface area contributed by atoms with Crippen molar-refractivity contribution in [3.8, 4) is 0 Å². The number of hydrogen-bond donors (Lipinski definition) is 1. The zero-order valence-corrected chi connectivity index (χ0v) is 11.0. The Morgan fingerprint density at radius 3 is 3.22 bits per heavy atom. The van der Waals surface area contributed by atoms with E-state index in [0.717, 1.165) is 10.7 Å². The molecule has 0 aliphatic carbocycles. The van der Waals surface area contributed by atoms with Gasteiger partial charge in [-0.25, -0.2) is 4.98 Å². The Bertz CT molecular complexity index is 464. The van der Waals surface area contributed by atoms with Gasteiger partial charge in [-0.3, -0.25) is 9.59 Å². The summed E-state index contributed by atoms with van der Waals surface area (Å²) in [5.74, 6) is 0.502. The summed E-state index contributed by atoms with van der Waals surface area (Å²) in [4.78, 5) is 29.0. The van der Waals surface area contributed by atoms with Gasteiger partial charge in [0.1, 0.15) is 5.03 Å². The molecule has 2 rings (SSSR count). The topological polar surface area (TPSA) is 62.3 Å². The van der Waals surface area contributed by atoms with E-state index in [1.807, 2.05) is 12.1 Å². The van der Waals surface area contributed by atoms with Gasteiger partial charge in [-0.2, -0.15) is 0 Å². The number of aromatic nitrogens is 1. The minimum Gasteiger partial charge on any atom is -0.359 e. The van der Waals surface area contributed by atoms with Crippen molar-refractivity contribution in [2.24, 2.45) is 0 Å². The number of carbonyl (C=O) groups is 2. The van der Waals surface area contributed by atoms with Crippen molar-refractivity contribution in [3.05, 3.63) is 18.3 Å². The lowest BCUT2D eigenvalue weighted by atomic mass is 10.2. The van der Waals surface area contributed by atoms with Gasteiger partial charge in [-0.05, 0) is 18.6 Å². The van der Waals surface area contributed by atoms with Crippen LogP contribution in [0.5, 0.6) is 0 Å². The number of pyridine rings is 1. The number of rotatable bonds is 4. The third-order valence-electron chi connectivity index (χ3n) is 2.74. The molecule has 0 saturated carbocycles. The van der Waals surface area contributed by atoms with Crippen LogP contribution in [0.15, 0.2) is 23.4 Å². The maximum absolute atomic E-state index is 11.9. The Morgan fingerprint density at radius 2 is 2.44 bits per heavy atom. The van der Waals surface area contributed by atoms with Crippen LogP contribution in [-0.4, -0.2) is 36.1 Å². The maximum atomic E-state index is 11.9. The Labute approximate surface area is 110 Å². The van der Waals surface area contributed by atoms with E-state index in [1.165, 1.54) is 11.8 Å². The van der Waals surface area contributed by atoms with Crippen molar-refractivity contribution in [1.82, 2.24) is 10.3 Å². The number of amides is 2. The average Bonchev–Trinajstić information content (AvgIpc) is 2.41. The van der Waals surface area contributed by atoms with Gasteiger partial charge in [0.15, 0.2) is 0 Å². The van der Waals surface area contributed by atoms with Crippen LogP contribution in [0.4, 0.5) is 5.69 Å². The van der Waals surface area contributed by atoms with Crippen LogP contribution < -0.4 is 10.2 Å². The first-order chi connectivity index (χ1) is 8.72. The zero-order valence-electron chi connectivity index (χ0n) is 10.2. The quantitative estimate of drug-likeness (QED) is 0.884. The average molecular weight is 265 g/mol. The molecule has 0 spiro atoms. The highest BCUT2D eigenvalue weighted by molar-refractivity contribution is 8.00. The number of anilines is 1. The van der Waals surface area contributed by atoms with E-state index in [9.17, 15) is 9.59 Å². The molecule has 0 saturated heterocycles.